The van der Waals surface area contributed by atoms with Crippen molar-refractivity contribution in [2.75, 3.05) is 11.1 Å². The van der Waals surface area contributed by atoms with Crippen molar-refractivity contribution in [3.8, 4) is 0 Å². The molecule has 7 heteroatoms. The first-order chi connectivity index (χ1) is 8.06. The van der Waals surface area contributed by atoms with Crippen molar-refractivity contribution in [2.24, 2.45) is 0 Å². The van der Waals surface area contributed by atoms with E-state index < -0.39 is 0 Å². The molecule has 88 valence electrons. The van der Waals surface area contributed by atoms with Gasteiger partial charge in [0.2, 0.25) is 10.3 Å². The van der Waals surface area contributed by atoms with Gasteiger partial charge in [-0.1, -0.05) is 29.0 Å². The Morgan fingerprint density at radius 2 is 2.24 bits per heavy atom. The molecular formula is C10H9ClN4OS. The Bertz CT molecular complexity index is 569. The maximum Gasteiger partial charge on any atom is 0.257 e. The summed E-state index contributed by atoms with van der Waals surface area (Å²) in [6.45, 7) is 1.87. The SMILES string of the molecule is Cc1ccc(C(=O)Nc2nnc(N)s2)cc1Cl. The Hall–Kier alpha value is -1.66. The van der Waals surface area contributed by atoms with Crippen LogP contribution in [0.25, 0.3) is 0 Å². The van der Waals surface area contributed by atoms with E-state index in [0.717, 1.165) is 16.9 Å². The van der Waals surface area contributed by atoms with Gasteiger partial charge in [0.25, 0.3) is 5.91 Å². The smallest absolute Gasteiger partial charge is 0.257 e. The molecule has 1 aromatic carbocycles. The summed E-state index contributed by atoms with van der Waals surface area (Å²) in [5.74, 6) is -0.289. The lowest BCUT2D eigenvalue weighted by atomic mass is 10.1. The van der Waals surface area contributed by atoms with Crippen molar-refractivity contribution in [2.45, 2.75) is 6.92 Å². The summed E-state index contributed by atoms with van der Waals surface area (Å²) in [5, 5.41) is 11.1. The second-order valence-electron chi connectivity index (χ2n) is 3.36. The molecule has 5 nitrogen and oxygen atoms in total. The Morgan fingerprint density at radius 1 is 1.47 bits per heavy atom. The summed E-state index contributed by atoms with van der Waals surface area (Å²) in [4.78, 5) is 11.8. The molecule has 0 radical (unpaired) electrons. The van der Waals surface area contributed by atoms with Gasteiger partial charge in [-0.2, -0.15) is 0 Å². The van der Waals surface area contributed by atoms with Crippen LogP contribution in [0.2, 0.25) is 5.02 Å². The summed E-state index contributed by atoms with van der Waals surface area (Å²) >= 11 is 7.05. The van der Waals surface area contributed by atoms with Gasteiger partial charge in [-0.25, -0.2) is 0 Å². The van der Waals surface area contributed by atoms with Crippen LogP contribution in [-0.4, -0.2) is 16.1 Å². The molecular weight excluding hydrogens is 260 g/mol. The van der Waals surface area contributed by atoms with Gasteiger partial charge in [-0.3, -0.25) is 10.1 Å². The van der Waals surface area contributed by atoms with Gasteiger partial charge in [-0.05, 0) is 24.6 Å². The summed E-state index contributed by atoms with van der Waals surface area (Å²) in [7, 11) is 0. The molecule has 0 fully saturated rings. The highest BCUT2D eigenvalue weighted by Gasteiger charge is 2.10. The first-order valence-electron chi connectivity index (χ1n) is 4.73. The maximum atomic E-state index is 11.8. The highest BCUT2D eigenvalue weighted by atomic mass is 35.5. The highest BCUT2D eigenvalue weighted by Crippen LogP contribution is 2.20. The number of nitrogens with zero attached hydrogens (tertiary/aromatic N) is 2. The van der Waals surface area contributed by atoms with E-state index in [2.05, 4.69) is 15.5 Å². The van der Waals surface area contributed by atoms with Gasteiger partial charge in [0.05, 0.1) is 0 Å². The number of hydrogen-bond donors (Lipinski definition) is 2. The standard InChI is InChI=1S/C10H9ClN4OS/c1-5-2-3-6(4-7(5)11)8(16)13-10-15-14-9(12)17-10/h2-4H,1H3,(H2,12,14)(H,13,15,16). The minimum atomic E-state index is -0.289. The van der Waals surface area contributed by atoms with Crippen LogP contribution >= 0.6 is 22.9 Å². The third-order valence-electron chi connectivity index (χ3n) is 2.10. The molecule has 2 rings (SSSR count). The zero-order valence-electron chi connectivity index (χ0n) is 8.90. The number of hydrogen-bond acceptors (Lipinski definition) is 5. The molecule has 0 saturated carbocycles. The molecule has 2 aromatic rings. The normalized spacial score (nSPS) is 10.2. The van der Waals surface area contributed by atoms with Crippen molar-refractivity contribution in [1.29, 1.82) is 0 Å². The molecule has 0 aliphatic rings. The lowest BCUT2D eigenvalue weighted by molar-refractivity contribution is 0.102. The monoisotopic (exact) mass is 268 g/mol. The predicted molar refractivity (Wildman–Crippen MR) is 68.5 cm³/mol. The second-order valence-corrected chi connectivity index (χ2v) is 4.78. The fourth-order valence-corrected chi connectivity index (χ4v) is 1.87. The molecule has 0 bridgehead atoms. The van der Waals surface area contributed by atoms with Crippen LogP contribution in [0, 0.1) is 6.92 Å². The summed E-state index contributed by atoms with van der Waals surface area (Å²) < 4.78 is 0. The van der Waals surface area contributed by atoms with Crippen LogP contribution in [0.3, 0.4) is 0 Å². The van der Waals surface area contributed by atoms with Crippen LogP contribution in [-0.2, 0) is 0 Å². The van der Waals surface area contributed by atoms with Crippen molar-refractivity contribution in [3.05, 3.63) is 34.3 Å². The van der Waals surface area contributed by atoms with E-state index in [1.165, 1.54) is 0 Å². The number of carbonyl (C=O) groups excluding carboxylic acids is 1. The van der Waals surface area contributed by atoms with Crippen molar-refractivity contribution < 1.29 is 4.79 Å². The van der Waals surface area contributed by atoms with Crippen molar-refractivity contribution in [3.63, 3.8) is 0 Å². The molecule has 0 aliphatic heterocycles. The number of aryl methyl sites for hydroxylation is 1. The van der Waals surface area contributed by atoms with Gasteiger partial charge < -0.3 is 5.73 Å². The van der Waals surface area contributed by atoms with Gasteiger partial charge in [0, 0.05) is 10.6 Å². The van der Waals surface area contributed by atoms with E-state index in [9.17, 15) is 4.79 Å². The first kappa shape index (κ1) is 11.8. The Labute approximate surface area is 107 Å². The predicted octanol–water partition coefficient (Wildman–Crippen LogP) is 2.33. The van der Waals surface area contributed by atoms with Crippen LogP contribution < -0.4 is 11.1 Å². The summed E-state index contributed by atoms with van der Waals surface area (Å²) in [6, 6.07) is 5.09. The molecule has 0 saturated heterocycles. The number of benzene rings is 1. The van der Waals surface area contributed by atoms with E-state index in [0.29, 0.717) is 20.8 Å². The van der Waals surface area contributed by atoms with E-state index >= 15 is 0 Å². The third-order valence-corrected chi connectivity index (χ3v) is 3.17. The number of anilines is 2. The third kappa shape index (κ3) is 2.72. The Morgan fingerprint density at radius 3 is 2.82 bits per heavy atom. The Kier molecular flexibility index (Phi) is 3.26. The molecule has 0 atom stereocenters. The molecule has 17 heavy (non-hydrogen) atoms. The topological polar surface area (TPSA) is 80.9 Å². The number of halogens is 1. The molecule has 1 amide bonds. The maximum absolute atomic E-state index is 11.8. The summed E-state index contributed by atoms with van der Waals surface area (Å²) in [6.07, 6.45) is 0. The average Bonchev–Trinajstić information content (AvgIpc) is 2.68. The van der Waals surface area contributed by atoms with Gasteiger partial charge in [0.15, 0.2) is 0 Å². The molecule has 0 spiro atoms. The number of amides is 1. The molecule has 0 unspecified atom stereocenters. The minimum Gasteiger partial charge on any atom is -0.374 e. The largest absolute Gasteiger partial charge is 0.374 e. The quantitative estimate of drug-likeness (QED) is 0.876. The van der Waals surface area contributed by atoms with E-state index in [1.54, 1.807) is 18.2 Å². The number of aromatic nitrogens is 2. The summed E-state index contributed by atoms with van der Waals surface area (Å²) in [5.41, 5.74) is 6.80. The lowest BCUT2D eigenvalue weighted by Gasteiger charge is -2.03. The number of rotatable bonds is 2. The van der Waals surface area contributed by atoms with Gasteiger partial charge in [-0.15, -0.1) is 10.2 Å². The Balaban J connectivity index is 2.17. The van der Waals surface area contributed by atoms with Gasteiger partial charge in [0.1, 0.15) is 0 Å². The number of carbonyl (C=O) groups is 1. The van der Waals surface area contributed by atoms with E-state index in [4.69, 9.17) is 17.3 Å². The molecule has 3 N–H and O–H groups in total. The van der Waals surface area contributed by atoms with Gasteiger partial charge >= 0.3 is 0 Å². The zero-order chi connectivity index (χ0) is 12.4. The van der Waals surface area contributed by atoms with Crippen LogP contribution in [0.4, 0.5) is 10.3 Å². The number of nitrogens with two attached hydrogens (primary N) is 1. The molecule has 0 aliphatic carbocycles. The fraction of sp³-hybridized carbons (Fsp3) is 0.100. The van der Waals surface area contributed by atoms with Crippen LogP contribution in [0.5, 0.6) is 0 Å². The van der Waals surface area contributed by atoms with Crippen molar-refractivity contribution >= 4 is 39.1 Å². The van der Waals surface area contributed by atoms with E-state index in [1.807, 2.05) is 6.92 Å². The lowest BCUT2D eigenvalue weighted by Crippen LogP contribution is -2.11. The average molecular weight is 269 g/mol. The number of nitrogens with one attached hydrogen (secondary N) is 1. The molecule has 1 aromatic heterocycles. The first-order valence-corrected chi connectivity index (χ1v) is 5.92. The zero-order valence-corrected chi connectivity index (χ0v) is 10.5. The number of nitrogen functional groups attached to an aromatic ring is 1. The minimum absolute atomic E-state index is 0.289. The highest BCUT2D eigenvalue weighted by molar-refractivity contribution is 7.19. The molecule has 1 heterocycles. The fourth-order valence-electron chi connectivity index (χ4n) is 1.19. The van der Waals surface area contributed by atoms with E-state index in [-0.39, 0.29) is 5.91 Å². The second kappa shape index (κ2) is 4.68. The van der Waals surface area contributed by atoms with Crippen molar-refractivity contribution in [1.82, 2.24) is 10.2 Å². The van der Waals surface area contributed by atoms with Crippen LogP contribution in [0.15, 0.2) is 18.2 Å². The van der Waals surface area contributed by atoms with Crippen LogP contribution in [0.1, 0.15) is 15.9 Å².